The minimum Gasteiger partial charge on any atom is -0.481 e. The van der Waals surface area contributed by atoms with Gasteiger partial charge in [-0.2, -0.15) is 0 Å². The number of ether oxygens (including phenoxy) is 1. The first-order chi connectivity index (χ1) is 8.23. The van der Waals surface area contributed by atoms with Gasteiger partial charge in [-0.15, -0.1) is 0 Å². The highest BCUT2D eigenvalue weighted by atomic mass is 16.5. The topological polar surface area (TPSA) is 66.8 Å². The molecule has 0 spiro atoms. The van der Waals surface area contributed by atoms with Crippen LogP contribution in [0.1, 0.15) is 34.1 Å². The van der Waals surface area contributed by atoms with E-state index in [1.165, 1.54) is 6.92 Å². The minimum atomic E-state index is -1.08. The van der Waals surface area contributed by atoms with E-state index in [2.05, 4.69) is 13.8 Å². The fourth-order valence-electron chi connectivity index (χ4n) is 2.57. The lowest BCUT2D eigenvalue weighted by Crippen LogP contribution is -2.63. The van der Waals surface area contributed by atoms with E-state index in [0.29, 0.717) is 6.61 Å². The van der Waals surface area contributed by atoms with Gasteiger partial charge in [0.2, 0.25) is 5.91 Å². The second-order valence-electron chi connectivity index (χ2n) is 5.53. The third-order valence-corrected chi connectivity index (χ3v) is 4.05. The van der Waals surface area contributed by atoms with Crippen molar-refractivity contribution in [2.45, 2.75) is 46.3 Å². The van der Waals surface area contributed by atoms with Gasteiger partial charge in [-0.3, -0.25) is 9.59 Å². The van der Waals surface area contributed by atoms with Gasteiger partial charge in [-0.05, 0) is 20.3 Å². The summed E-state index contributed by atoms with van der Waals surface area (Å²) in [4.78, 5) is 24.4. The van der Waals surface area contributed by atoms with Gasteiger partial charge in [0.15, 0.2) is 0 Å². The van der Waals surface area contributed by atoms with E-state index in [9.17, 15) is 9.59 Å². The van der Waals surface area contributed by atoms with Crippen molar-refractivity contribution in [2.24, 2.45) is 11.3 Å². The van der Waals surface area contributed by atoms with Gasteiger partial charge in [-0.1, -0.05) is 13.8 Å². The number of rotatable bonds is 5. The molecule has 1 aliphatic rings. The highest BCUT2D eigenvalue weighted by molar-refractivity contribution is 5.96. The van der Waals surface area contributed by atoms with Gasteiger partial charge in [0.05, 0.1) is 6.10 Å². The summed E-state index contributed by atoms with van der Waals surface area (Å²) >= 11 is 0. The quantitative estimate of drug-likeness (QED) is 0.755. The van der Waals surface area contributed by atoms with E-state index >= 15 is 0 Å². The van der Waals surface area contributed by atoms with E-state index in [0.717, 1.165) is 6.42 Å². The van der Waals surface area contributed by atoms with Gasteiger partial charge >= 0.3 is 5.97 Å². The summed E-state index contributed by atoms with van der Waals surface area (Å²) in [5, 5.41) is 8.87. The zero-order valence-corrected chi connectivity index (χ0v) is 11.8. The Morgan fingerprint density at radius 1 is 1.50 bits per heavy atom. The van der Waals surface area contributed by atoms with Crippen LogP contribution in [-0.2, 0) is 14.3 Å². The Balaban J connectivity index is 2.67. The number of carbonyl (C=O) groups excluding carboxylic acids is 1. The molecule has 1 aliphatic carbocycles. The SMILES string of the molecule is CCOC1CC(N(C)C(=O)C(C)C(=O)O)C1(C)C. The molecule has 1 N–H and O–H groups in total. The fourth-order valence-corrected chi connectivity index (χ4v) is 2.57. The lowest BCUT2D eigenvalue weighted by molar-refractivity contribution is -0.169. The van der Waals surface area contributed by atoms with E-state index < -0.39 is 11.9 Å². The van der Waals surface area contributed by atoms with Crippen LogP contribution in [0, 0.1) is 11.3 Å². The first-order valence-electron chi connectivity index (χ1n) is 6.34. The van der Waals surface area contributed by atoms with E-state index in [1.54, 1.807) is 11.9 Å². The van der Waals surface area contributed by atoms with Gasteiger partial charge in [0.1, 0.15) is 5.92 Å². The molecule has 0 saturated heterocycles. The van der Waals surface area contributed by atoms with E-state index in [4.69, 9.17) is 9.84 Å². The van der Waals surface area contributed by atoms with Crippen molar-refractivity contribution < 1.29 is 19.4 Å². The maximum absolute atomic E-state index is 12.0. The average molecular weight is 257 g/mol. The summed E-state index contributed by atoms with van der Waals surface area (Å²) in [5.41, 5.74) is -0.126. The molecule has 0 bridgehead atoms. The second-order valence-corrected chi connectivity index (χ2v) is 5.53. The molecule has 1 rings (SSSR count). The summed E-state index contributed by atoms with van der Waals surface area (Å²) in [6, 6.07) is 0.0448. The number of carboxylic acid groups (broad SMARTS) is 1. The molecule has 0 heterocycles. The summed E-state index contributed by atoms with van der Waals surface area (Å²) in [6.07, 6.45) is 0.915. The molecular formula is C13H23NO4. The molecule has 18 heavy (non-hydrogen) atoms. The van der Waals surface area contributed by atoms with Crippen LogP contribution in [0.3, 0.4) is 0 Å². The van der Waals surface area contributed by atoms with Crippen LogP contribution in [0.5, 0.6) is 0 Å². The van der Waals surface area contributed by atoms with Crippen LogP contribution in [0.25, 0.3) is 0 Å². The minimum absolute atomic E-state index is 0.0448. The maximum Gasteiger partial charge on any atom is 0.315 e. The molecule has 1 amide bonds. The molecule has 0 aromatic rings. The molecular weight excluding hydrogens is 234 g/mol. The molecule has 0 aromatic carbocycles. The standard InChI is InChI=1S/C13H23NO4/c1-6-18-10-7-9(13(10,3)4)14(5)11(15)8(2)12(16)17/h8-10H,6-7H2,1-5H3,(H,16,17). The third-order valence-electron chi connectivity index (χ3n) is 4.05. The van der Waals surface area contributed by atoms with Gasteiger partial charge in [-0.25, -0.2) is 0 Å². The smallest absolute Gasteiger partial charge is 0.315 e. The Morgan fingerprint density at radius 3 is 2.44 bits per heavy atom. The Hall–Kier alpha value is -1.10. The molecule has 5 heteroatoms. The van der Waals surface area contributed by atoms with Crippen LogP contribution in [0.2, 0.25) is 0 Å². The van der Waals surface area contributed by atoms with Gasteiger partial charge in [0.25, 0.3) is 0 Å². The monoisotopic (exact) mass is 257 g/mol. The number of amides is 1. The van der Waals surface area contributed by atoms with Crippen molar-refractivity contribution in [3.05, 3.63) is 0 Å². The first kappa shape index (κ1) is 15.0. The van der Waals surface area contributed by atoms with Crippen molar-refractivity contribution in [3.8, 4) is 0 Å². The largest absolute Gasteiger partial charge is 0.481 e. The zero-order valence-electron chi connectivity index (χ0n) is 11.8. The molecule has 0 aliphatic heterocycles. The van der Waals surface area contributed by atoms with Crippen molar-refractivity contribution in [3.63, 3.8) is 0 Å². The van der Waals surface area contributed by atoms with Crippen LogP contribution >= 0.6 is 0 Å². The Kier molecular flexibility index (Phi) is 4.37. The van der Waals surface area contributed by atoms with Gasteiger partial charge < -0.3 is 14.7 Å². The Morgan fingerprint density at radius 2 is 2.06 bits per heavy atom. The van der Waals surface area contributed by atoms with Crippen molar-refractivity contribution in [2.75, 3.05) is 13.7 Å². The number of hydrogen-bond donors (Lipinski definition) is 1. The van der Waals surface area contributed by atoms with Crippen molar-refractivity contribution in [1.29, 1.82) is 0 Å². The highest BCUT2D eigenvalue weighted by Gasteiger charge is 2.52. The average Bonchev–Trinajstić information content (AvgIpc) is 2.31. The Bertz CT molecular complexity index is 340. The predicted molar refractivity (Wildman–Crippen MR) is 67.2 cm³/mol. The molecule has 1 fully saturated rings. The number of aliphatic carboxylic acids is 1. The molecule has 1 saturated carbocycles. The summed E-state index contributed by atoms with van der Waals surface area (Å²) < 4.78 is 5.61. The van der Waals surface area contributed by atoms with Crippen LogP contribution in [0.4, 0.5) is 0 Å². The van der Waals surface area contributed by atoms with Crippen LogP contribution in [-0.4, -0.2) is 47.7 Å². The molecule has 3 atom stereocenters. The van der Waals surface area contributed by atoms with Crippen LogP contribution in [0.15, 0.2) is 0 Å². The van der Waals surface area contributed by atoms with E-state index in [-0.39, 0.29) is 23.5 Å². The lowest BCUT2D eigenvalue weighted by atomic mass is 9.63. The predicted octanol–water partition coefficient (Wildman–Crippen LogP) is 1.37. The fraction of sp³-hybridized carbons (Fsp3) is 0.846. The first-order valence-corrected chi connectivity index (χ1v) is 6.34. The normalized spacial score (nSPS) is 27.2. The molecule has 3 unspecified atom stereocenters. The lowest BCUT2D eigenvalue weighted by Gasteiger charge is -2.55. The summed E-state index contributed by atoms with van der Waals surface area (Å²) in [6.45, 7) is 8.13. The van der Waals surface area contributed by atoms with Crippen molar-refractivity contribution in [1.82, 2.24) is 4.90 Å². The van der Waals surface area contributed by atoms with Crippen LogP contribution < -0.4 is 0 Å². The maximum atomic E-state index is 12.0. The molecule has 0 radical (unpaired) electrons. The Labute approximate surface area is 108 Å². The molecule has 104 valence electrons. The number of carbonyl (C=O) groups is 2. The molecule has 5 nitrogen and oxygen atoms in total. The number of hydrogen-bond acceptors (Lipinski definition) is 3. The highest BCUT2D eigenvalue weighted by Crippen LogP contribution is 2.45. The number of nitrogens with zero attached hydrogens (tertiary/aromatic N) is 1. The van der Waals surface area contributed by atoms with E-state index in [1.807, 2.05) is 6.92 Å². The third kappa shape index (κ3) is 2.51. The van der Waals surface area contributed by atoms with Gasteiger partial charge in [0, 0.05) is 25.1 Å². The van der Waals surface area contributed by atoms with Crippen molar-refractivity contribution >= 4 is 11.9 Å². The second kappa shape index (κ2) is 5.26. The molecule has 0 aromatic heterocycles. The zero-order chi connectivity index (χ0) is 14.1. The summed E-state index contributed by atoms with van der Waals surface area (Å²) in [5.74, 6) is -2.40. The summed E-state index contributed by atoms with van der Waals surface area (Å²) in [7, 11) is 1.68. The number of carboxylic acids is 1.